The Morgan fingerprint density at radius 3 is 1.79 bits per heavy atom. The molecule has 0 radical (unpaired) electrons. The molecule has 0 aliphatic carbocycles. The van der Waals surface area contributed by atoms with Gasteiger partial charge in [-0.1, -0.05) is 74.4 Å². The van der Waals surface area contributed by atoms with E-state index in [9.17, 15) is 31.4 Å². The lowest BCUT2D eigenvalue weighted by atomic mass is 9.69. The molecule has 0 heterocycles. The van der Waals surface area contributed by atoms with Crippen molar-refractivity contribution < 1.29 is 41.2 Å². The van der Waals surface area contributed by atoms with Gasteiger partial charge < -0.3 is 5.11 Å². The Bertz CT molecular complexity index is 1410. The third-order valence-corrected chi connectivity index (χ3v) is 7.82. The van der Waals surface area contributed by atoms with Gasteiger partial charge in [-0.2, -0.15) is 26.3 Å². The lowest BCUT2D eigenvalue weighted by molar-refractivity contribution is -0.343. The number of halogens is 6. The fourth-order valence-electron chi connectivity index (χ4n) is 5.17. The summed E-state index contributed by atoms with van der Waals surface area (Å²) in [6.07, 6.45) is -9.88. The molecule has 9 heteroatoms. The van der Waals surface area contributed by atoms with E-state index in [0.717, 1.165) is 45.7 Å². The van der Waals surface area contributed by atoms with Gasteiger partial charge in [-0.05, 0) is 84.0 Å². The van der Waals surface area contributed by atoms with Crippen molar-refractivity contribution in [3.63, 3.8) is 0 Å². The number of aryl methyl sites for hydroxylation is 2. The topological polar surface area (TPSA) is 38.7 Å². The number of alkyl halides is 6. The quantitative estimate of drug-likeness (QED) is 0.0892. The maximum Gasteiger partial charge on any atom is 0.438 e. The number of benzene rings is 3. The first kappa shape index (κ1) is 33.2. The molecule has 0 saturated carbocycles. The molecule has 0 bridgehead atoms. The van der Waals surface area contributed by atoms with Crippen molar-refractivity contribution in [2.75, 3.05) is 13.7 Å². The Labute approximate surface area is 242 Å². The molecule has 0 amide bonds. The largest absolute Gasteiger partial charge is 0.438 e. The van der Waals surface area contributed by atoms with Crippen molar-refractivity contribution in [3.05, 3.63) is 94.0 Å². The highest BCUT2D eigenvalue weighted by atomic mass is 19.4. The van der Waals surface area contributed by atoms with Crippen molar-refractivity contribution in [2.24, 2.45) is 0 Å². The van der Waals surface area contributed by atoms with Crippen molar-refractivity contribution >= 4 is 0 Å². The minimum atomic E-state index is -6.00. The van der Waals surface area contributed by atoms with Gasteiger partial charge in [0.25, 0.3) is 0 Å². The maximum atomic E-state index is 13.1. The second-order valence-electron chi connectivity index (χ2n) is 10.2. The van der Waals surface area contributed by atoms with Gasteiger partial charge in [-0.25, -0.2) is 9.78 Å². The molecule has 0 atom stereocenters. The molecule has 1 N–H and O–H groups in total. The highest BCUT2D eigenvalue weighted by Crippen LogP contribution is 2.43. The molecule has 0 aliphatic rings. The molecular formula is C33H34F6O3. The molecule has 3 nitrogen and oxygen atoms in total. The summed E-state index contributed by atoms with van der Waals surface area (Å²) >= 11 is 0. The van der Waals surface area contributed by atoms with Crippen LogP contribution in [-0.2, 0) is 21.6 Å². The summed E-state index contributed by atoms with van der Waals surface area (Å²) in [7, 11) is 1.47. The Hall–Kier alpha value is -3.32. The highest BCUT2D eigenvalue weighted by molar-refractivity contribution is 5.68. The van der Waals surface area contributed by atoms with E-state index in [1.807, 2.05) is 38.8 Å². The summed E-state index contributed by atoms with van der Waals surface area (Å²) in [6, 6.07) is 19.3. The van der Waals surface area contributed by atoms with Gasteiger partial charge in [0.15, 0.2) is 0 Å². The average molecular weight is 593 g/mol. The minimum Gasteiger partial charge on any atom is -0.363 e. The average Bonchev–Trinajstić information content (AvgIpc) is 2.93. The molecule has 226 valence electrons. The van der Waals surface area contributed by atoms with Crippen LogP contribution >= 0.6 is 0 Å². The molecular weight excluding hydrogens is 558 g/mol. The van der Waals surface area contributed by atoms with Crippen molar-refractivity contribution in [3.8, 4) is 23.0 Å². The maximum absolute atomic E-state index is 13.1. The predicted molar refractivity (Wildman–Crippen MR) is 150 cm³/mol. The summed E-state index contributed by atoms with van der Waals surface area (Å²) in [5.41, 5.74) is 1.02. The Kier molecular flexibility index (Phi) is 10.2. The smallest absolute Gasteiger partial charge is 0.363 e. The molecule has 3 aromatic rings. The SMILES string of the molecule is CCC(CC)(c1ccc(C#CC(O)(C(F)(F)F)C(F)(F)F)c(C)c1)c1ccc(-c2ccc(CCOOC)cc2)c(C)c1. The van der Waals surface area contributed by atoms with Crippen LogP contribution in [0.4, 0.5) is 26.3 Å². The first-order valence-electron chi connectivity index (χ1n) is 13.5. The number of rotatable bonds is 9. The van der Waals surface area contributed by atoms with Crippen molar-refractivity contribution in [1.29, 1.82) is 0 Å². The van der Waals surface area contributed by atoms with Crippen LogP contribution in [0.3, 0.4) is 0 Å². The summed E-state index contributed by atoms with van der Waals surface area (Å²) in [6.45, 7) is 8.13. The zero-order valence-electron chi connectivity index (χ0n) is 24.1. The van der Waals surface area contributed by atoms with Crippen LogP contribution in [0.2, 0.25) is 0 Å². The summed E-state index contributed by atoms with van der Waals surface area (Å²) in [4.78, 5) is 9.57. The van der Waals surface area contributed by atoms with E-state index >= 15 is 0 Å². The van der Waals surface area contributed by atoms with Crippen LogP contribution < -0.4 is 0 Å². The van der Waals surface area contributed by atoms with E-state index in [1.54, 1.807) is 19.1 Å². The monoisotopic (exact) mass is 592 g/mol. The Morgan fingerprint density at radius 1 is 0.762 bits per heavy atom. The molecule has 0 aliphatic heterocycles. The lowest BCUT2D eigenvalue weighted by Crippen LogP contribution is -2.55. The molecule has 0 fully saturated rings. The second kappa shape index (κ2) is 12.9. The minimum absolute atomic E-state index is 0.0319. The fourth-order valence-corrected chi connectivity index (χ4v) is 5.17. The summed E-state index contributed by atoms with van der Waals surface area (Å²) in [5.74, 6) is 2.96. The third kappa shape index (κ3) is 6.67. The second-order valence-corrected chi connectivity index (χ2v) is 10.2. The van der Waals surface area contributed by atoms with E-state index in [2.05, 4.69) is 35.2 Å². The van der Waals surface area contributed by atoms with Crippen molar-refractivity contribution in [1.82, 2.24) is 0 Å². The van der Waals surface area contributed by atoms with E-state index in [0.29, 0.717) is 25.0 Å². The molecule has 42 heavy (non-hydrogen) atoms. The Morgan fingerprint density at radius 2 is 1.31 bits per heavy atom. The van der Waals surface area contributed by atoms with Crippen LogP contribution in [0.1, 0.15) is 60.1 Å². The van der Waals surface area contributed by atoms with E-state index < -0.39 is 23.4 Å². The van der Waals surface area contributed by atoms with Crippen LogP contribution in [-0.4, -0.2) is 36.8 Å². The fraction of sp³-hybridized carbons (Fsp3) is 0.394. The van der Waals surface area contributed by atoms with Crippen LogP contribution in [0, 0.1) is 25.7 Å². The van der Waals surface area contributed by atoms with E-state index in [-0.39, 0.29) is 5.56 Å². The zero-order valence-corrected chi connectivity index (χ0v) is 24.1. The molecule has 3 aromatic carbocycles. The van der Waals surface area contributed by atoms with Crippen LogP contribution in [0.15, 0.2) is 60.7 Å². The molecule has 0 aromatic heterocycles. The van der Waals surface area contributed by atoms with Crippen LogP contribution in [0.25, 0.3) is 11.1 Å². The van der Waals surface area contributed by atoms with Gasteiger partial charge >= 0.3 is 18.0 Å². The van der Waals surface area contributed by atoms with Gasteiger partial charge in [-0.3, -0.25) is 0 Å². The van der Waals surface area contributed by atoms with E-state index in [1.165, 1.54) is 13.2 Å². The predicted octanol–water partition coefficient (Wildman–Crippen LogP) is 8.40. The number of hydrogen-bond donors (Lipinski definition) is 1. The van der Waals surface area contributed by atoms with Gasteiger partial charge in [-0.15, -0.1) is 0 Å². The molecule has 0 saturated heterocycles. The van der Waals surface area contributed by atoms with E-state index in [4.69, 9.17) is 4.89 Å². The first-order valence-corrected chi connectivity index (χ1v) is 13.5. The molecule has 3 rings (SSSR count). The third-order valence-electron chi connectivity index (χ3n) is 7.82. The molecule has 0 spiro atoms. The normalized spacial score (nSPS) is 12.7. The molecule has 0 unspecified atom stereocenters. The van der Waals surface area contributed by atoms with Crippen LogP contribution in [0.5, 0.6) is 0 Å². The van der Waals surface area contributed by atoms with Crippen molar-refractivity contribution in [2.45, 2.75) is 70.3 Å². The zero-order chi connectivity index (χ0) is 31.3. The van der Waals surface area contributed by atoms with Gasteiger partial charge in [0, 0.05) is 11.0 Å². The van der Waals surface area contributed by atoms with Gasteiger partial charge in [0.05, 0.1) is 13.7 Å². The number of aliphatic hydroxyl groups is 1. The lowest BCUT2D eigenvalue weighted by Gasteiger charge is -2.34. The standard InChI is InChI=1S/C33H34F6O3/c1-6-30(7-2,27-13-12-25(22(3)20-27)16-18-31(40,32(34,35)36)33(37,38)39)28-14-15-29(23(4)21-28)26-10-8-24(9-11-26)17-19-42-41-5/h8-15,20-21,40H,6-7,17,19H2,1-5H3. The summed E-state index contributed by atoms with van der Waals surface area (Å²) < 4.78 is 78.4. The van der Waals surface area contributed by atoms with Gasteiger partial charge in [0.2, 0.25) is 0 Å². The Balaban J connectivity index is 1.97. The number of hydrogen-bond acceptors (Lipinski definition) is 3. The highest BCUT2D eigenvalue weighted by Gasteiger charge is 2.70. The van der Waals surface area contributed by atoms with Gasteiger partial charge in [0.1, 0.15) is 0 Å². The first-order chi connectivity index (χ1) is 19.6. The summed E-state index contributed by atoms with van der Waals surface area (Å²) in [5, 5.41) is 9.40.